The predicted octanol–water partition coefficient (Wildman–Crippen LogP) is 5.92. The lowest BCUT2D eigenvalue weighted by atomic mass is 9.49. The first-order chi connectivity index (χ1) is 12.0. The standard InChI is InChI=1S/C23H34N2/c1-7-14-22(5)19-12-10-11-13-20(19)25-17-16-24(6)21(25)23(22,15-8-2)18(4)9-3/h8,10-13,16-18,21H,2,7,9,14-15H2,1,3-6H3. The second-order valence-electron chi connectivity index (χ2n) is 8.19. The zero-order valence-electron chi connectivity index (χ0n) is 16.6. The molecule has 3 rings (SSSR count). The third kappa shape index (κ3) is 2.29. The summed E-state index contributed by atoms with van der Waals surface area (Å²) in [6.45, 7) is 13.8. The molecule has 4 unspecified atom stereocenters. The van der Waals surface area contributed by atoms with Crippen LogP contribution in [0.25, 0.3) is 0 Å². The first-order valence-electron chi connectivity index (χ1n) is 9.87. The molecule has 0 saturated carbocycles. The maximum absolute atomic E-state index is 4.18. The highest BCUT2D eigenvalue weighted by molar-refractivity contribution is 5.65. The van der Waals surface area contributed by atoms with E-state index in [1.165, 1.54) is 30.5 Å². The highest BCUT2D eigenvalue weighted by Gasteiger charge is 2.61. The molecule has 2 aliphatic rings. The van der Waals surface area contributed by atoms with Crippen LogP contribution in [0.1, 0.15) is 58.9 Å². The summed E-state index contributed by atoms with van der Waals surface area (Å²) >= 11 is 0. The summed E-state index contributed by atoms with van der Waals surface area (Å²) < 4.78 is 0. The summed E-state index contributed by atoms with van der Waals surface area (Å²) in [7, 11) is 2.24. The number of hydrogen-bond donors (Lipinski definition) is 0. The van der Waals surface area contributed by atoms with Crippen LogP contribution in [0.15, 0.2) is 49.3 Å². The van der Waals surface area contributed by atoms with Crippen molar-refractivity contribution in [1.29, 1.82) is 0 Å². The van der Waals surface area contributed by atoms with Crippen molar-refractivity contribution in [2.24, 2.45) is 11.3 Å². The van der Waals surface area contributed by atoms with Crippen LogP contribution in [0.4, 0.5) is 5.69 Å². The van der Waals surface area contributed by atoms with Gasteiger partial charge < -0.3 is 9.80 Å². The van der Waals surface area contributed by atoms with Crippen LogP contribution in [0.5, 0.6) is 0 Å². The van der Waals surface area contributed by atoms with Crippen molar-refractivity contribution in [1.82, 2.24) is 4.90 Å². The normalized spacial score (nSPS) is 31.6. The second kappa shape index (κ2) is 6.55. The molecular weight excluding hydrogens is 304 g/mol. The van der Waals surface area contributed by atoms with Crippen molar-refractivity contribution in [3.05, 3.63) is 54.9 Å². The van der Waals surface area contributed by atoms with Gasteiger partial charge >= 0.3 is 0 Å². The van der Waals surface area contributed by atoms with Crippen LogP contribution in [-0.4, -0.2) is 18.1 Å². The molecule has 2 aliphatic heterocycles. The van der Waals surface area contributed by atoms with Crippen molar-refractivity contribution >= 4 is 5.69 Å². The third-order valence-electron chi connectivity index (χ3n) is 7.10. The van der Waals surface area contributed by atoms with Gasteiger partial charge in [0.25, 0.3) is 0 Å². The van der Waals surface area contributed by atoms with E-state index in [2.05, 4.69) is 93.9 Å². The number of benzene rings is 1. The van der Waals surface area contributed by atoms with E-state index in [1.54, 1.807) is 0 Å². The van der Waals surface area contributed by atoms with E-state index in [4.69, 9.17) is 0 Å². The molecule has 136 valence electrons. The summed E-state index contributed by atoms with van der Waals surface area (Å²) in [6, 6.07) is 9.06. The van der Waals surface area contributed by atoms with Gasteiger partial charge in [-0.1, -0.05) is 64.8 Å². The van der Waals surface area contributed by atoms with Gasteiger partial charge in [-0.15, -0.1) is 6.58 Å². The molecule has 0 spiro atoms. The number of hydrogen-bond acceptors (Lipinski definition) is 2. The molecule has 0 amide bonds. The monoisotopic (exact) mass is 338 g/mol. The summed E-state index contributed by atoms with van der Waals surface area (Å²) in [5.74, 6) is 0.602. The highest BCUT2D eigenvalue weighted by Crippen LogP contribution is 2.62. The second-order valence-corrected chi connectivity index (χ2v) is 8.19. The van der Waals surface area contributed by atoms with Gasteiger partial charge in [-0.3, -0.25) is 0 Å². The van der Waals surface area contributed by atoms with Gasteiger partial charge in [0.15, 0.2) is 0 Å². The third-order valence-corrected chi connectivity index (χ3v) is 7.10. The molecule has 4 atom stereocenters. The lowest BCUT2D eigenvalue weighted by molar-refractivity contribution is -0.0266. The van der Waals surface area contributed by atoms with E-state index in [-0.39, 0.29) is 10.8 Å². The van der Waals surface area contributed by atoms with Crippen molar-refractivity contribution < 1.29 is 0 Å². The Kier molecular flexibility index (Phi) is 4.74. The van der Waals surface area contributed by atoms with Crippen LogP contribution in [0, 0.1) is 11.3 Å². The zero-order chi connectivity index (χ0) is 18.2. The van der Waals surface area contributed by atoms with Gasteiger partial charge in [-0.25, -0.2) is 0 Å². The fourth-order valence-corrected chi connectivity index (χ4v) is 5.86. The van der Waals surface area contributed by atoms with Gasteiger partial charge in [0, 0.05) is 36.0 Å². The van der Waals surface area contributed by atoms with Gasteiger partial charge in [0.2, 0.25) is 0 Å². The molecule has 0 radical (unpaired) electrons. The number of nitrogens with zero attached hydrogens (tertiary/aromatic N) is 2. The van der Waals surface area contributed by atoms with E-state index >= 15 is 0 Å². The van der Waals surface area contributed by atoms with E-state index in [0.717, 1.165) is 6.42 Å². The van der Waals surface area contributed by atoms with Gasteiger partial charge in [-0.05, 0) is 30.4 Å². The molecule has 0 aliphatic carbocycles. The maximum Gasteiger partial charge on any atom is 0.112 e. The quantitative estimate of drug-likeness (QED) is 0.594. The van der Waals surface area contributed by atoms with Crippen LogP contribution in [0.3, 0.4) is 0 Å². The molecular formula is C23H34N2. The molecule has 0 saturated heterocycles. The average Bonchev–Trinajstić information content (AvgIpc) is 3.00. The number of para-hydroxylation sites is 1. The first-order valence-corrected chi connectivity index (χ1v) is 9.87. The van der Waals surface area contributed by atoms with E-state index in [0.29, 0.717) is 12.1 Å². The number of fused-ring (bicyclic) bond motifs is 3. The molecule has 25 heavy (non-hydrogen) atoms. The van der Waals surface area contributed by atoms with E-state index < -0.39 is 0 Å². The smallest absolute Gasteiger partial charge is 0.112 e. The molecule has 1 aromatic carbocycles. The molecule has 1 aromatic rings. The Bertz CT molecular complexity index is 664. The molecule has 0 fully saturated rings. The Hall–Kier alpha value is -1.70. The zero-order valence-corrected chi connectivity index (χ0v) is 16.6. The average molecular weight is 339 g/mol. The molecule has 0 bridgehead atoms. The van der Waals surface area contributed by atoms with Crippen molar-refractivity contribution in [2.75, 3.05) is 11.9 Å². The fraction of sp³-hybridized carbons (Fsp3) is 0.565. The Labute approximate surface area is 154 Å². The van der Waals surface area contributed by atoms with E-state index in [9.17, 15) is 0 Å². The van der Waals surface area contributed by atoms with Gasteiger partial charge in [0.05, 0.1) is 0 Å². The minimum absolute atomic E-state index is 0.128. The van der Waals surface area contributed by atoms with Crippen molar-refractivity contribution in [3.63, 3.8) is 0 Å². The van der Waals surface area contributed by atoms with Crippen LogP contribution >= 0.6 is 0 Å². The summed E-state index contributed by atoms with van der Waals surface area (Å²) in [5, 5.41) is 0. The number of rotatable bonds is 6. The first kappa shape index (κ1) is 18.1. The van der Waals surface area contributed by atoms with Gasteiger partial charge in [-0.2, -0.15) is 0 Å². The topological polar surface area (TPSA) is 6.48 Å². The number of allylic oxidation sites excluding steroid dienone is 1. The summed E-state index contributed by atoms with van der Waals surface area (Å²) in [5.41, 5.74) is 3.15. The van der Waals surface area contributed by atoms with Crippen LogP contribution < -0.4 is 4.90 Å². The molecule has 2 nitrogen and oxygen atoms in total. The maximum atomic E-state index is 4.18. The fourth-order valence-electron chi connectivity index (χ4n) is 5.86. The molecule has 0 N–H and O–H groups in total. The molecule has 2 heterocycles. The SMILES string of the molecule is C=CCC1(C(C)CC)C2N(C)C=CN2c2ccccc2C1(C)CCC. The minimum atomic E-state index is 0.128. The Morgan fingerprint density at radius 2 is 1.96 bits per heavy atom. The highest BCUT2D eigenvalue weighted by atomic mass is 15.4. The number of anilines is 1. The Morgan fingerprint density at radius 1 is 1.24 bits per heavy atom. The Morgan fingerprint density at radius 3 is 2.60 bits per heavy atom. The Balaban J connectivity index is 2.34. The molecule has 0 aromatic heterocycles. The lowest BCUT2D eigenvalue weighted by Gasteiger charge is -2.62. The van der Waals surface area contributed by atoms with Crippen molar-refractivity contribution in [3.8, 4) is 0 Å². The largest absolute Gasteiger partial charge is 0.358 e. The summed E-state index contributed by atoms with van der Waals surface area (Å²) in [6.07, 6.45) is 11.7. The summed E-state index contributed by atoms with van der Waals surface area (Å²) in [4.78, 5) is 4.95. The van der Waals surface area contributed by atoms with Crippen molar-refractivity contribution in [2.45, 2.75) is 65.0 Å². The van der Waals surface area contributed by atoms with Gasteiger partial charge in [0.1, 0.15) is 6.17 Å². The molecule has 2 heteroatoms. The predicted molar refractivity (Wildman–Crippen MR) is 109 cm³/mol. The minimum Gasteiger partial charge on any atom is -0.358 e. The lowest BCUT2D eigenvalue weighted by Crippen LogP contribution is -2.65. The van der Waals surface area contributed by atoms with Crippen LogP contribution in [-0.2, 0) is 5.41 Å². The van der Waals surface area contributed by atoms with Crippen LogP contribution in [0.2, 0.25) is 0 Å². The van der Waals surface area contributed by atoms with E-state index in [1.807, 2.05) is 0 Å².